The molecule has 5 aliphatic rings. The van der Waals surface area contributed by atoms with E-state index in [1.165, 1.54) is 4.90 Å². The molecule has 5 N–H and O–H groups in total. The number of aliphatic hydroxyl groups is 1. The zero-order chi connectivity index (χ0) is 51.5. The van der Waals surface area contributed by atoms with E-state index in [1.807, 2.05) is 51.1 Å². The van der Waals surface area contributed by atoms with Gasteiger partial charge in [0.05, 0.1) is 60.6 Å². The number of phenols is 1. The number of anilines is 3. The zero-order valence-electron chi connectivity index (χ0n) is 42.1. The van der Waals surface area contributed by atoms with Crippen LogP contribution >= 0.6 is 0 Å². The standard InChI is InChI=1S/C54H65N11O9/c1-33(2)50(53(69)64-29-38(66)23-45(64)52(68)58-34(3)36-10-8-35(28-55)9-11-36)47-27-49(61-74-47)71-21-20-62-16-13-39(14-17-62)72-40-24-41(25-40)73-48-22-37(12-15-57-48)65-19-18-63(30-54(65)31-70-32-54)44-26-43(59-60-51(44)56)42-6-4-5-7-46(42)67/h4-12,15,22,26-27,33-34,38-41,45,50,66-67H,13-14,16-21,23-25,29-32H2,1-3H3,(H2,56,60)(H,58,68)/t34-,38+,40-,41+,45-,50+/m0/s1. The molecule has 2 amide bonds. The van der Waals surface area contributed by atoms with Crippen molar-refractivity contribution in [2.75, 3.05) is 81.2 Å². The number of piperazine rings is 1. The highest BCUT2D eigenvalue weighted by atomic mass is 16.5. The summed E-state index contributed by atoms with van der Waals surface area (Å²) in [5, 5.41) is 45.9. The van der Waals surface area contributed by atoms with E-state index in [9.17, 15) is 19.8 Å². The summed E-state index contributed by atoms with van der Waals surface area (Å²) in [5.74, 6) is 0.0830. The molecule has 10 rings (SSSR count). The number of β-amino-alcohol motifs (C(OH)–C–C–N with tert-alkyl or cyclic N) is 1. The highest BCUT2D eigenvalue weighted by Gasteiger charge is 2.49. The first-order valence-corrected chi connectivity index (χ1v) is 25.7. The number of ether oxygens (including phenoxy) is 4. The molecule has 1 aliphatic carbocycles. The second-order valence-corrected chi connectivity index (χ2v) is 20.7. The van der Waals surface area contributed by atoms with E-state index in [2.05, 4.69) is 46.4 Å². The van der Waals surface area contributed by atoms with Crippen LogP contribution in [0.25, 0.3) is 11.3 Å². The van der Waals surface area contributed by atoms with Crippen LogP contribution in [0.5, 0.6) is 17.5 Å². The number of nitrogens with two attached hydrogens (primary N) is 1. The minimum Gasteiger partial charge on any atom is -0.507 e. The molecule has 74 heavy (non-hydrogen) atoms. The molecule has 20 heteroatoms. The summed E-state index contributed by atoms with van der Waals surface area (Å²) in [6.45, 7) is 11.7. The fraction of sp³-hybridized carbons (Fsp3) is 0.500. The Labute approximate surface area is 430 Å². The molecule has 7 heterocycles. The molecular weight excluding hydrogens is 947 g/mol. The van der Waals surface area contributed by atoms with Gasteiger partial charge < -0.3 is 59.4 Å². The molecule has 0 bridgehead atoms. The number of benzene rings is 2. The van der Waals surface area contributed by atoms with Crippen LogP contribution in [0.15, 0.2) is 83.5 Å². The molecule has 1 spiro atoms. The number of piperidine rings is 1. The lowest BCUT2D eigenvalue weighted by Gasteiger charge is -2.56. The quantitative estimate of drug-likeness (QED) is 0.0974. The highest BCUT2D eigenvalue weighted by Crippen LogP contribution is 2.40. The van der Waals surface area contributed by atoms with Gasteiger partial charge in [-0.3, -0.25) is 14.5 Å². The van der Waals surface area contributed by atoms with Crippen LogP contribution in [0.4, 0.5) is 17.2 Å². The van der Waals surface area contributed by atoms with E-state index in [0.29, 0.717) is 73.7 Å². The number of likely N-dealkylation sites (tertiary alicyclic amines) is 2. The molecule has 5 fully saturated rings. The number of nitrogen functional groups attached to an aromatic ring is 1. The van der Waals surface area contributed by atoms with E-state index >= 15 is 0 Å². The molecule has 390 valence electrons. The number of carbonyl (C=O) groups excluding carboxylic acids is 2. The Hall–Kier alpha value is -7.05. The Morgan fingerprint density at radius 1 is 0.946 bits per heavy atom. The van der Waals surface area contributed by atoms with Crippen molar-refractivity contribution >= 4 is 29.0 Å². The van der Waals surface area contributed by atoms with Crippen LogP contribution in [0, 0.1) is 17.2 Å². The minimum atomic E-state index is -0.857. The second-order valence-electron chi connectivity index (χ2n) is 20.7. The number of carbonyl (C=O) groups is 2. The first-order valence-electron chi connectivity index (χ1n) is 25.7. The van der Waals surface area contributed by atoms with Crippen molar-refractivity contribution in [2.24, 2.45) is 5.92 Å². The zero-order valence-corrected chi connectivity index (χ0v) is 42.1. The topological polar surface area (TPSA) is 251 Å². The Morgan fingerprint density at radius 3 is 2.46 bits per heavy atom. The summed E-state index contributed by atoms with van der Waals surface area (Å²) in [4.78, 5) is 40.7. The molecule has 1 saturated carbocycles. The van der Waals surface area contributed by atoms with Gasteiger partial charge in [0.2, 0.25) is 17.7 Å². The maximum atomic E-state index is 14.1. The van der Waals surface area contributed by atoms with Crippen LogP contribution in [-0.2, 0) is 19.1 Å². The number of phenolic OH excluding ortho intramolecular Hbond substituents is 1. The van der Waals surface area contributed by atoms with Gasteiger partial charge >= 0.3 is 0 Å². The van der Waals surface area contributed by atoms with E-state index in [-0.39, 0.29) is 72.2 Å². The van der Waals surface area contributed by atoms with E-state index in [4.69, 9.17) is 34.5 Å². The number of amides is 2. The van der Waals surface area contributed by atoms with Crippen molar-refractivity contribution in [3.05, 3.63) is 95.9 Å². The van der Waals surface area contributed by atoms with Gasteiger partial charge in [0.25, 0.3) is 5.88 Å². The SMILES string of the molecule is CC(C)[C@@H](C(=O)N1C[C@H](O)C[C@H]1C(=O)N[C@@H](C)c1ccc(C#N)cc1)c1cc(OCCN2CCC(O[C@H]3C[C@@H](Oc4cc(N5CCN(c6cc(-c7ccccc7O)nnc6N)CC56COC6)ccn4)C3)CC2)no1. The van der Waals surface area contributed by atoms with Crippen molar-refractivity contribution in [2.45, 2.75) is 101 Å². The van der Waals surface area contributed by atoms with Crippen molar-refractivity contribution in [1.82, 2.24) is 35.5 Å². The third kappa shape index (κ3) is 10.9. The number of pyridine rings is 1. The van der Waals surface area contributed by atoms with Gasteiger partial charge in [0.15, 0.2) is 11.6 Å². The lowest BCUT2D eigenvalue weighted by Crippen LogP contribution is -2.72. The van der Waals surface area contributed by atoms with E-state index < -0.39 is 18.1 Å². The number of aliphatic hydroxyl groups excluding tert-OH is 1. The molecule has 4 saturated heterocycles. The number of aromatic hydroxyl groups is 1. The van der Waals surface area contributed by atoms with Crippen molar-refractivity contribution in [3.8, 4) is 34.8 Å². The normalized spacial score (nSPS) is 22.7. The Bertz CT molecular complexity index is 2810. The maximum Gasteiger partial charge on any atom is 0.254 e. The molecule has 0 unspecified atom stereocenters. The third-order valence-electron chi connectivity index (χ3n) is 15.2. The first-order chi connectivity index (χ1) is 35.8. The predicted octanol–water partition coefficient (Wildman–Crippen LogP) is 4.83. The van der Waals surface area contributed by atoms with Gasteiger partial charge in [-0.1, -0.05) is 38.1 Å². The van der Waals surface area contributed by atoms with Gasteiger partial charge in [0, 0.05) is 94.7 Å². The van der Waals surface area contributed by atoms with Crippen molar-refractivity contribution in [1.29, 1.82) is 5.26 Å². The fourth-order valence-corrected chi connectivity index (χ4v) is 10.9. The average Bonchev–Trinajstić information content (AvgIpc) is 4.02. The number of nitriles is 1. The maximum absolute atomic E-state index is 14.1. The van der Waals surface area contributed by atoms with E-state index in [0.717, 1.165) is 62.3 Å². The van der Waals surface area contributed by atoms with Crippen LogP contribution in [0.1, 0.15) is 81.7 Å². The third-order valence-corrected chi connectivity index (χ3v) is 15.2. The van der Waals surface area contributed by atoms with Gasteiger partial charge in [-0.25, -0.2) is 4.98 Å². The minimum absolute atomic E-state index is 0.0247. The Balaban J connectivity index is 0.648. The lowest BCUT2D eigenvalue weighted by atomic mass is 9.90. The van der Waals surface area contributed by atoms with Crippen LogP contribution in [-0.4, -0.2) is 154 Å². The molecule has 5 aromatic rings. The molecule has 0 radical (unpaired) electrons. The average molecular weight is 1010 g/mol. The fourth-order valence-electron chi connectivity index (χ4n) is 10.9. The largest absolute Gasteiger partial charge is 0.507 e. The first kappa shape index (κ1) is 50.5. The summed E-state index contributed by atoms with van der Waals surface area (Å²) in [6.07, 6.45) is 4.85. The van der Waals surface area contributed by atoms with Crippen LogP contribution in [0.2, 0.25) is 0 Å². The number of aromatic nitrogens is 4. The number of hydrogen-bond donors (Lipinski definition) is 4. The van der Waals surface area contributed by atoms with Gasteiger partial charge in [-0.15, -0.1) is 10.2 Å². The van der Waals surface area contributed by atoms with Gasteiger partial charge in [-0.05, 0) is 72.8 Å². The summed E-state index contributed by atoms with van der Waals surface area (Å²) in [5.41, 5.74) is 10.4. The number of nitrogens with zero attached hydrogens (tertiary/aromatic N) is 9. The van der Waals surface area contributed by atoms with Gasteiger partial charge in [-0.2, -0.15) is 5.26 Å². The molecule has 4 atom stereocenters. The summed E-state index contributed by atoms with van der Waals surface area (Å²) >= 11 is 0. The number of rotatable bonds is 17. The van der Waals surface area contributed by atoms with Crippen molar-refractivity contribution < 1.29 is 43.3 Å². The molecule has 3 aromatic heterocycles. The Morgan fingerprint density at radius 2 is 1.73 bits per heavy atom. The Kier molecular flexibility index (Phi) is 14.9. The highest BCUT2D eigenvalue weighted by molar-refractivity contribution is 5.91. The second kappa shape index (κ2) is 21.8. The summed E-state index contributed by atoms with van der Waals surface area (Å²) in [6, 6.07) is 22.5. The molecule has 4 aliphatic heterocycles. The summed E-state index contributed by atoms with van der Waals surface area (Å²) in [7, 11) is 0. The van der Waals surface area contributed by atoms with Gasteiger partial charge in [0.1, 0.15) is 36.0 Å². The van der Waals surface area contributed by atoms with E-state index in [1.54, 1.807) is 48.7 Å². The van der Waals surface area contributed by atoms with Crippen LogP contribution in [0.3, 0.4) is 0 Å². The number of hydrogen-bond acceptors (Lipinski definition) is 18. The molecule has 20 nitrogen and oxygen atoms in total. The molecular formula is C54H65N11O9. The predicted molar refractivity (Wildman–Crippen MR) is 272 cm³/mol. The summed E-state index contributed by atoms with van der Waals surface area (Å²) < 4.78 is 30.5. The molecule has 2 aromatic carbocycles. The van der Waals surface area contributed by atoms with Crippen LogP contribution < -0.4 is 30.3 Å². The monoisotopic (exact) mass is 1010 g/mol. The number of nitrogens with one attached hydrogen (secondary N) is 1. The number of para-hydroxylation sites is 1. The lowest BCUT2D eigenvalue weighted by molar-refractivity contribution is -0.141. The smallest absolute Gasteiger partial charge is 0.254 e. The van der Waals surface area contributed by atoms with Crippen molar-refractivity contribution in [3.63, 3.8) is 0 Å².